The fraction of sp³-hybridized carbons (Fsp3) is 0.500. The monoisotopic (exact) mass is 204 g/mol. The molecule has 0 saturated heterocycles. The summed E-state index contributed by atoms with van der Waals surface area (Å²) in [5, 5.41) is 0. The van der Waals surface area contributed by atoms with Crippen LogP contribution in [0.5, 0.6) is 0 Å². The van der Waals surface area contributed by atoms with Gasteiger partial charge in [0.15, 0.2) is 0 Å². The summed E-state index contributed by atoms with van der Waals surface area (Å²) in [7, 11) is 0. The van der Waals surface area contributed by atoms with Crippen molar-refractivity contribution in [3.05, 3.63) is 33.1 Å². The summed E-state index contributed by atoms with van der Waals surface area (Å²) >= 11 is 0. The number of H-pyrrole nitrogens is 1. The van der Waals surface area contributed by atoms with Crippen LogP contribution >= 0.6 is 0 Å². The minimum Gasteiger partial charge on any atom is -0.300 e. The highest BCUT2D eigenvalue weighted by Gasteiger charge is 2.20. The first kappa shape index (κ1) is 10.6. The number of aromatic nitrogens is 2. The molecule has 78 valence electrons. The lowest BCUT2D eigenvalue weighted by Gasteiger charge is -2.10. The molecule has 0 radical (unpaired) electrons. The van der Waals surface area contributed by atoms with Gasteiger partial charge in [0.1, 0.15) is 0 Å². The maximum Gasteiger partial charge on any atom is 0.328 e. The van der Waals surface area contributed by atoms with Gasteiger partial charge in [-0.05, 0) is 6.92 Å². The molecular weight excluding hydrogens is 194 g/mol. The molecule has 0 aliphatic carbocycles. The van der Waals surface area contributed by atoms with Crippen molar-refractivity contribution in [2.45, 2.75) is 25.8 Å². The summed E-state index contributed by atoms with van der Waals surface area (Å²) in [5.41, 5.74) is -1.20. The van der Waals surface area contributed by atoms with E-state index in [-0.39, 0.29) is 6.54 Å². The van der Waals surface area contributed by atoms with Gasteiger partial charge in [0.25, 0.3) is 5.56 Å². The second-order valence-electron chi connectivity index (χ2n) is 3.12. The van der Waals surface area contributed by atoms with Crippen LogP contribution in [0.25, 0.3) is 0 Å². The van der Waals surface area contributed by atoms with Crippen LogP contribution in [0.1, 0.15) is 13.3 Å². The molecule has 1 aromatic rings. The number of hydrogen-bond donors (Lipinski definition) is 1. The number of hydrogen-bond acceptors (Lipinski definition) is 2. The van der Waals surface area contributed by atoms with Gasteiger partial charge in [-0.1, -0.05) is 0 Å². The van der Waals surface area contributed by atoms with E-state index in [9.17, 15) is 18.4 Å². The van der Waals surface area contributed by atoms with Crippen molar-refractivity contribution >= 4 is 0 Å². The third-order valence-electron chi connectivity index (χ3n) is 1.69. The van der Waals surface area contributed by atoms with Crippen molar-refractivity contribution in [2.24, 2.45) is 0 Å². The highest BCUT2D eigenvalue weighted by atomic mass is 19.3. The molecule has 6 heteroatoms. The van der Waals surface area contributed by atoms with Crippen LogP contribution in [0.2, 0.25) is 0 Å². The molecule has 1 aromatic heterocycles. The van der Waals surface area contributed by atoms with Gasteiger partial charge in [-0.25, -0.2) is 13.6 Å². The Balaban J connectivity index is 2.79. The Labute approximate surface area is 78.2 Å². The predicted octanol–water partition coefficient (Wildman–Crippen LogP) is 0.582. The summed E-state index contributed by atoms with van der Waals surface area (Å²) in [6.07, 6.45) is 0.770. The van der Waals surface area contributed by atoms with Crippen LogP contribution in [0.4, 0.5) is 8.78 Å². The third kappa shape index (κ3) is 3.12. The molecule has 0 atom stereocenters. The van der Waals surface area contributed by atoms with Gasteiger partial charge in [-0.3, -0.25) is 9.78 Å². The molecule has 0 aliphatic heterocycles. The number of nitrogens with zero attached hydrogens (tertiary/aromatic N) is 1. The lowest BCUT2D eigenvalue weighted by atomic mass is 10.3. The van der Waals surface area contributed by atoms with E-state index in [1.807, 2.05) is 4.98 Å². The number of alkyl halides is 2. The second-order valence-corrected chi connectivity index (χ2v) is 3.12. The fourth-order valence-corrected chi connectivity index (χ4v) is 0.937. The SMILES string of the molecule is CC(F)(F)CCn1ccc(=O)[nH]c1=O. The van der Waals surface area contributed by atoms with Crippen molar-refractivity contribution in [1.82, 2.24) is 9.55 Å². The lowest BCUT2D eigenvalue weighted by molar-refractivity contribution is 0.00836. The number of aryl methyl sites for hydroxylation is 1. The minimum atomic E-state index is -2.81. The number of halogens is 2. The van der Waals surface area contributed by atoms with Gasteiger partial charge in [-0.2, -0.15) is 0 Å². The highest BCUT2D eigenvalue weighted by Crippen LogP contribution is 2.16. The molecule has 0 unspecified atom stereocenters. The Morgan fingerprint density at radius 1 is 1.50 bits per heavy atom. The van der Waals surface area contributed by atoms with Crippen molar-refractivity contribution < 1.29 is 8.78 Å². The van der Waals surface area contributed by atoms with Crippen molar-refractivity contribution in [3.8, 4) is 0 Å². The largest absolute Gasteiger partial charge is 0.328 e. The van der Waals surface area contributed by atoms with Crippen LogP contribution in [-0.4, -0.2) is 15.5 Å². The van der Waals surface area contributed by atoms with Crippen molar-refractivity contribution in [3.63, 3.8) is 0 Å². The molecule has 0 spiro atoms. The highest BCUT2D eigenvalue weighted by molar-refractivity contribution is 4.82. The van der Waals surface area contributed by atoms with Crippen molar-refractivity contribution in [1.29, 1.82) is 0 Å². The van der Waals surface area contributed by atoms with Gasteiger partial charge in [-0.15, -0.1) is 0 Å². The van der Waals surface area contributed by atoms with E-state index in [2.05, 4.69) is 0 Å². The van der Waals surface area contributed by atoms with E-state index >= 15 is 0 Å². The number of rotatable bonds is 3. The van der Waals surface area contributed by atoms with Crippen LogP contribution in [-0.2, 0) is 6.54 Å². The Morgan fingerprint density at radius 2 is 2.14 bits per heavy atom. The summed E-state index contributed by atoms with van der Waals surface area (Å²) in [6.45, 7) is 0.669. The quantitative estimate of drug-likeness (QED) is 0.783. The zero-order valence-electron chi connectivity index (χ0n) is 7.59. The number of nitrogens with one attached hydrogen (secondary N) is 1. The minimum absolute atomic E-state index is 0.112. The Kier molecular flexibility index (Phi) is 2.83. The lowest BCUT2D eigenvalue weighted by Crippen LogP contribution is -2.30. The first-order valence-corrected chi connectivity index (χ1v) is 4.06. The molecule has 0 bridgehead atoms. The topological polar surface area (TPSA) is 54.9 Å². The Bertz CT molecular complexity index is 416. The molecule has 0 aliphatic rings. The normalized spacial score (nSPS) is 11.6. The van der Waals surface area contributed by atoms with Gasteiger partial charge in [0.2, 0.25) is 5.92 Å². The van der Waals surface area contributed by atoms with Gasteiger partial charge < -0.3 is 4.57 Å². The Morgan fingerprint density at radius 3 is 2.64 bits per heavy atom. The first-order chi connectivity index (χ1) is 6.38. The molecule has 0 saturated carbocycles. The van der Waals surface area contributed by atoms with E-state index in [0.717, 1.165) is 17.6 Å². The molecule has 1 heterocycles. The standard InChI is InChI=1S/C8H10F2N2O2/c1-8(9,10)3-5-12-4-2-6(13)11-7(12)14/h2,4H,3,5H2,1H3,(H,11,13,14). The maximum absolute atomic E-state index is 12.4. The van der Waals surface area contributed by atoms with Crippen molar-refractivity contribution in [2.75, 3.05) is 0 Å². The molecule has 0 fully saturated rings. The average molecular weight is 204 g/mol. The predicted molar refractivity (Wildman–Crippen MR) is 46.6 cm³/mol. The van der Waals surface area contributed by atoms with Gasteiger partial charge >= 0.3 is 5.69 Å². The van der Waals surface area contributed by atoms with E-state index in [1.54, 1.807) is 0 Å². The summed E-state index contributed by atoms with van der Waals surface area (Å²) < 4.78 is 25.9. The zero-order valence-corrected chi connectivity index (χ0v) is 7.59. The molecule has 0 aromatic carbocycles. The molecule has 1 N–H and O–H groups in total. The van der Waals surface area contributed by atoms with Crippen LogP contribution in [0, 0.1) is 0 Å². The van der Waals surface area contributed by atoms with E-state index in [4.69, 9.17) is 0 Å². The molecule has 14 heavy (non-hydrogen) atoms. The Hall–Kier alpha value is -1.46. The summed E-state index contributed by atoms with van der Waals surface area (Å²) in [6, 6.07) is 1.12. The summed E-state index contributed by atoms with van der Waals surface area (Å²) in [4.78, 5) is 23.6. The van der Waals surface area contributed by atoms with Crippen LogP contribution in [0.3, 0.4) is 0 Å². The van der Waals surface area contributed by atoms with Crippen LogP contribution in [0.15, 0.2) is 21.9 Å². The maximum atomic E-state index is 12.4. The number of aromatic amines is 1. The zero-order chi connectivity index (χ0) is 10.8. The van der Waals surface area contributed by atoms with E-state index < -0.39 is 23.6 Å². The van der Waals surface area contributed by atoms with E-state index in [1.165, 1.54) is 6.20 Å². The van der Waals surface area contributed by atoms with Gasteiger partial charge in [0, 0.05) is 25.2 Å². The smallest absolute Gasteiger partial charge is 0.300 e. The molecule has 0 amide bonds. The molecule has 1 rings (SSSR count). The van der Waals surface area contributed by atoms with Gasteiger partial charge in [0.05, 0.1) is 0 Å². The summed E-state index contributed by atoms with van der Waals surface area (Å²) in [5.74, 6) is -2.81. The molecular formula is C8H10F2N2O2. The molecule has 4 nitrogen and oxygen atoms in total. The average Bonchev–Trinajstić information content (AvgIpc) is 2.00. The van der Waals surface area contributed by atoms with E-state index in [0.29, 0.717) is 0 Å². The third-order valence-corrected chi connectivity index (χ3v) is 1.69. The first-order valence-electron chi connectivity index (χ1n) is 4.06. The fourth-order valence-electron chi connectivity index (χ4n) is 0.937. The second kappa shape index (κ2) is 3.73. The van der Waals surface area contributed by atoms with Crippen LogP contribution < -0.4 is 11.2 Å².